The molecule has 2 heterocycles. The number of fused-ring (bicyclic) bond motifs is 2. The van der Waals surface area contributed by atoms with Gasteiger partial charge in [0.25, 0.3) is 5.91 Å². The van der Waals surface area contributed by atoms with E-state index in [2.05, 4.69) is 0 Å². The lowest BCUT2D eigenvalue weighted by atomic mass is 10.1. The summed E-state index contributed by atoms with van der Waals surface area (Å²) in [7, 11) is 0. The van der Waals surface area contributed by atoms with E-state index in [-0.39, 0.29) is 24.2 Å². The highest BCUT2D eigenvalue weighted by Gasteiger charge is 2.45. The number of carbonyl (C=O) groups excluding carboxylic acids is 1. The quantitative estimate of drug-likeness (QED) is 0.839. The van der Waals surface area contributed by atoms with Crippen LogP contribution in [0.15, 0.2) is 18.2 Å². The first-order valence-electron chi connectivity index (χ1n) is 9.21. The van der Waals surface area contributed by atoms with E-state index in [1.165, 1.54) is 0 Å². The molecule has 1 aromatic rings. The second-order valence-electron chi connectivity index (χ2n) is 6.68. The third kappa shape index (κ3) is 3.20. The second-order valence-corrected chi connectivity index (χ2v) is 6.68. The van der Waals surface area contributed by atoms with Gasteiger partial charge in [0.2, 0.25) is 0 Å². The molecule has 0 unspecified atom stereocenters. The Bertz CT molecular complexity index is 634. The van der Waals surface area contributed by atoms with Gasteiger partial charge < -0.3 is 23.8 Å². The zero-order valence-corrected chi connectivity index (χ0v) is 14.6. The van der Waals surface area contributed by atoms with Crippen molar-refractivity contribution in [3.63, 3.8) is 0 Å². The molecular weight excluding hydrogens is 322 g/mol. The van der Waals surface area contributed by atoms with Crippen molar-refractivity contribution in [1.29, 1.82) is 0 Å². The fourth-order valence-electron chi connectivity index (χ4n) is 4.02. The summed E-state index contributed by atoms with van der Waals surface area (Å²) in [6, 6.07) is 5.56. The maximum atomic E-state index is 13.1. The molecule has 1 saturated carbocycles. The van der Waals surface area contributed by atoms with Gasteiger partial charge in [-0.1, -0.05) is 0 Å². The average Bonchev–Trinajstić information content (AvgIpc) is 2.90. The predicted molar refractivity (Wildman–Crippen MR) is 91.3 cm³/mol. The highest BCUT2D eigenvalue weighted by atomic mass is 16.5. The third-order valence-corrected chi connectivity index (χ3v) is 5.17. The van der Waals surface area contributed by atoms with E-state index in [0.717, 1.165) is 19.3 Å². The lowest BCUT2D eigenvalue weighted by molar-refractivity contribution is -0.102. The van der Waals surface area contributed by atoms with Gasteiger partial charge >= 0.3 is 0 Å². The predicted octanol–water partition coefficient (Wildman–Crippen LogP) is 2.26. The Hall–Kier alpha value is -1.79. The molecule has 2 fully saturated rings. The first-order chi connectivity index (χ1) is 12.3. The summed E-state index contributed by atoms with van der Waals surface area (Å²) in [6.07, 6.45) is 2.79. The monoisotopic (exact) mass is 347 g/mol. The molecule has 25 heavy (non-hydrogen) atoms. The molecule has 1 saturated heterocycles. The fraction of sp³-hybridized carbons (Fsp3) is 0.632. The van der Waals surface area contributed by atoms with Gasteiger partial charge in [-0.05, 0) is 38.0 Å². The third-order valence-electron chi connectivity index (χ3n) is 5.17. The molecule has 0 aromatic heterocycles. The topological polar surface area (TPSA) is 57.2 Å². The van der Waals surface area contributed by atoms with Crippen molar-refractivity contribution in [1.82, 2.24) is 4.90 Å². The molecule has 0 spiro atoms. The second kappa shape index (κ2) is 7.22. The SMILES string of the molecule is CCO[C@H]1CC[C@H]2[C@@H]1OCCN2C(=O)c1ccc2c(c1)OCCCO2. The standard InChI is InChI=1S/C19H25NO5/c1-2-22-16-7-5-14-18(16)25-11-8-20(14)19(21)13-4-6-15-17(12-13)24-10-3-9-23-15/h4,6,12,14,16,18H,2-3,5,7-11H2,1H3/t14-,16-,18-/m0/s1. The van der Waals surface area contributed by atoms with E-state index in [0.29, 0.717) is 50.0 Å². The molecule has 1 aromatic carbocycles. The molecule has 6 heteroatoms. The summed E-state index contributed by atoms with van der Waals surface area (Å²) in [4.78, 5) is 15.1. The Kier molecular flexibility index (Phi) is 4.81. The van der Waals surface area contributed by atoms with Crippen molar-refractivity contribution in [2.75, 3.05) is 33.0 Å². The van der Waals surface area contributed by atoms with E-state index < -0.39 is 0 Å². The largest absolute Gasteiger partial charge is 0.490 e. The van der Waals surface area contributed by atoms with Crippen LogP contribution in [0.2, 0.25) is 0 Å². The van der Waals surface area contributed by atoms with Gasteiger partial charge in [0.05, 0.1) is 32.0 Å². The number of hydrogen-bond acceptors (Lipinski definition) is 5. The van der Waals surface area contributed by atoms with E-state index in [4.69, 9.17) is 18.9 Å². The van der Waals surface area contributed by atoms with Crippen LogP contribution in [0.4, 0.5) is 0 Å². The molecule has 136 valence electrons. The minimum Gasteiger partial charge on any atom is -0.490 e. The molecule has 6 nitrogen and oxygen atoms in total. The minimum atomic E-state index is -0.0157. The number of carbonyl (C=O) groups is 1. The van der Waals surface area contributed by atoms with Gasteiger partial charge in [-0.15, -0.1) is 0 Å². The number of hydrogen-bond donors (Lipinski definition) is 0. The van der Waals surface area contributed by atoms with E-state index in [1.54, 1.807) is 0 Å². The van der Waals surface area contributed by atoms with Gasteiger partial charge in [-0.2, -0.15) is 0 Å². The number of nitrogens with zero attached hydrogens (tertiary/aromatic N) is 1. The van der Waals surface area contributed by atoms with E-state index in [1.807, 2.05) is 30.0 Å². The maximum Gasteiger partial charge on any atom is 0.254 e. The summed E-state index contributed by atoms with van der Waals surface area (Å²) in [5.41, 5.74) is 0.643. The highest BCUT2D eigenvalue weighted by molar-refractivity contribution is 5.95. The Morgan fingerprint density at radius 1 is 1.20 bits per heavy atom. The summed E-state index contributed by atoms with van der Waals surface area (Å²) in [5, 5.41) is 0. The molecule has 1 aliphatic carbocycles. The van der Waals surface area contributed by atoms with Crippen LogP contribution in [-0.2, 0) is 9.47 Å². The van der Waals surface area contributed by atoms with Crippen molar-refractivity contribution < 1.29 is 23.7 Å². The number of rotatable bonds is 3. The molecular formula is C19H25NO5. The minimum absolute atomic E-state index is 0.0157. The maximum absolute atomic E-state index is 13.1. The van der Waals surface area contributed by atoms with Crippen molar-refractivity contribution in [3.8, 4) is 11.5 Å². The van der Waals surface area contributed by atoms with E-state index in [9.17, 15) is 4.79 Å². The molecule has 3 atom stereocenters. The Balaban J connectivity index is 1.53. The van der Waals surface area contributed by atoms with Gasteiger partial charge in [0, 0.05) is 25.1 Å². The van der Waals surface area contributed by atoms with Crippen LogP contribution >= 0.6 is 0 Å². The van der Waals surface area contributed by atoms with Crippen molar-refractivity contribution >= 4 is 5.91 Å². The first kappa shape index (κ1) is 16.7. The zero-order valence-electron chi connectivity index (χ0n) is 14.6. The molecule has 4 rings (SSSR count). The zero-order chi connectivity index (χ0) is 17.2. The van der Waals surface area contributed by atoms with Crippen LogP contribution < -0.4 is 9.47 Å². The normalized spacial score (nSPS) is 28.4. The van der Waals surface area contributed by atoms with Crippen LogP contribution in [0.3, 0.4) is 0 Å². The molecule has 3 aliphatic rings. The number of amides is 1. The first-order valence-corrected chi connectivity index (χ1v) is 9.21. The van der Waals surface area contributed by atoms with Gasteiger partial charge in [-0.25, -0.2) is 0 Å². The van der Waals surface area contributed by atoms with Gasteiger partial charge in [0.15, 0.2) is 11.5 Å². The summed E-state index contributed by atoms with van der Waals surface area (Å²) < 4.78 is 23.1. The fourth-order valence-corrected chi connectivity index (χ4v) is 4.02. The van der Waals surface area contributed by atoms with Crippen LogP contribution in [0.1, 0.15) is 36.5 Å². The molecule has 1 amide bonds. The lowest BCUT2D eigenvalue weighted by Gasteiger charge is -2.39. The van der Waals surface area contributed by atoms with Crippen LogP contribution in [-0.4, -0.2) is 62.0 Å². The van der Waals surface area contributed by atoms with Gasteiger partial charge in [0.1, 0.15) is 6.10 Å². The van der Waals surface area contributed by atoms with Crippen molar-refractivity contribution in [3.05, 3.63) is 23.8 Å². The van der Waals surface area contributed by atoms with Crippen LogP contribution in [0.25, 0.3) is 0 Å². The Morgan fingerprint density at radius 3 is 2.88 bits per heavy atom. The lowest BCUT2D eigenvalue weighted by Crippen LogP contribution is -2.53. The average molecular weight is 347 g/mol. The molecule has 0 N–H and O–H groups in total. The Morgan fingerprint density at radius 2 is 2.04 bits per heavy atom. The number of morpholine rings is 1. The molecule has 0 bridgehead atoms. The molecule has 0 radical (unpaired) electrons. The van der Waals surface area contributed by atoms with Crippen molar-refractivity contribution in [2.45, 2.75) is 44.4 Å². The number of ether oxygens (including phenoxy) is 4. The van der Waals surface area contributed by atoms with Gasteiger partial charge in [-0.3, -0.25) is 4.79 Å². The summed E-state index contributed by atoms with van der Waals surface area (Å²) in [6.45, 7) is 5.10. The van der Waals surface area contributed by atoms with Crippen LogP contribution in [0, 0.1) is 0 Å². The summed E-state index contributed by atoms with van der Waals surface area (Å²) >= 11 is 0. The number of benzene rings is 1. The van der Waals surface area contributed by atoms with Crippen LogP contribution in [0.5, 0.6) is 11.5 Å². The summed E-state index contributed by atoms with van der Waals surface area (Å²) in [5.74, 6) is 1.41. The molecule has 2 aliphatic heterocycles. The van der Waals surface area contributed by atoms with E-state index >= 15 is 0 Å². The smallest absolute Gasteiger partial charge is 0.254 e. The highest BCUT2D eigenvalue weighted by Crippen LogP contribution is 2.35. The Labute approximate surface area is 148 Å². The van der Waals surface area contributed by atoms with Crippen molar-refractivity contribution in [2.24, 2.45) is 0 Å².